The first-order valence-electron chi connectivity index (χ1n) is 10.9. The molecule has 162 valence electrons. The second-order valence-corrected chi connectivity index (χ2v) is 11.0. The minimum absolute atomic E-state index is 0.0217. The number of benzene rings is 1. The van der Waals surface area contributed by atoms with Crippen LogP contribution in [0.15, 0.2) is 46.3 Å². The number of rotatable bonds is 4. The first kappa shape index (κ1) is 21.1. The van der Waals surface area contributed by atoms with Gasteiger partial charge in [-0.25, -0.2) is 8.42 Å². The molecule has 0 unspecified atom stereocenters. The number of carbonyl (C=O) groups is 1. The highest BCUT2D eigenvalue weighted by molar-refractivity contribution is 7.90. The lowest BCUT2D eigenvalue weighted by Crippen LogP contribution is -2.49. The van der Waals surface area contributed by atoms with Crippen LogP contribution in [0.4, 0.5) is 0 Å². The molecule has 0 saturated carbocycles. The Morgan fingerprint density at radius 1 is 1.23 bits per heavy atom. The van der Waals surface area contributed by atoms with Crippen molar-refractivity contribution in [2.75, 3.05) is 13.1 Å². The number of amidine groups is 1. The van der Waals surface area contributed by atoms with Gasteiger partial charge in [-0.1, -0.05) is 38.1 Å². The largest absolute Gasteiger partial charge is 0.340 e. The monoisotopic (exact) mass is 429 g/mol. The lowest BCUT2D eigenvalue weighted by molar-refractivity contribution is -0.136. The Hall–Kier alpha value is -2.15. The molecule has 1 fully saturated rings. The second kappa shape index (κ2) is 8.17. The Balaban J connectivity index is 1.61. The van der Waals surface area contributed by atoms with Crippen LogP contribution in [0, 0.1) is 11.3 Å². The zero-order valence-corrected chi connectivity index (χ0v) is 18.6. The van der Waals surface area contributed by atoms with Crippen LogP contribution in [0.3, 0.4) is 0 Å². The van der Waals surface area contributed by atoms with Crippen LogP contribution >= 0.6 is 0 Å². The summed E-state index contributed by atoms with van der Waals surface area (Å²) in [7, 11) is -3.61. The zero-order chi connectivity index (χ0) is 21.4. The van der Waals surface area contributed by atoms with E-state index < -0.39 is 16.1 Å². The van der Waals surface area contributed by atoms with Gasteiger partial charge in [0.2, 0.25) is 5.91 Å². The Bertz CT molecular complexity index is 983. The van der Waals surface area contributed by atoms with Gasteiger partial charge in [-0.3, -0.25) is 14.5 Å². The Labute approximate surface area is 179 Å². The maximum Gasteiger partial charge on any atom is 0.263 e. The highest BCUT2D eigenvalue weighted by Gasteiger charge is 2.39. The fraction of sp³-hybridized carbons (Fsp3) is 0.565. The molecular formula is C23H31N3O3S. The molecule has 1 amide bonds. The minimum atomic E-state index is -3.61. The molecule has 7 heteroatoms. The minimum Gasteiger partial charge on any atom is -0.340 e. The van der Waals surface area contributed by atoms with Gasteiger partial charge in [-0.15, -0.1) is 0 Å². The number of hydrogen-bond donors (Lipinski definition) is 1. The molecule has 2 atom stereocenters. The van der Waals surface area contributed by atoms with Crippen molar-refractivity contribution in [3.8, 4) is 0 Å². The number of carbonyl (C=O) groups excluding carboxylic acids is 1. The van der Waals surface area contributed by atoms with E-state index >= 15 is 0 Å². The number of hydrogen-bond acceptors (Lipinski definition) is 4. The number of nitrogens with one attached hydrogen (secondary N) is 1. The van der Waals surface area contributed by atoms with E-state index in [-0.39, 0.29) is 28.0 Å². The van der Waals surface area contributed by atoms with Crippen LogP contribution in [0.5, 0.6) is 0 Å². The van der Waals surface area contributed by atoms with Crippen molar-refractivity contribution < 1.29 is 13.2 Å². The maximum absolute atomic E-state index is 13.5. The number of sulfonamides is 1. The number of aliphatic imine (C=N–C) groups is 1. The van der Waals surface area contributed by atoms with Gasteiger partial charge < -0.3 is 4.90 Å². The molecule has 1 aliphatic carbocycles. The molecule has 1 aromatic rings. The van der Waals surface area contributed by atoms with E-state index in [1.54, 1.807) is 24.3 Å². The Kier molecular flexibility index (Phi) is 5.75. The van der Waals surface area contributed by atoms with Crippen molar-refractivity contribution in [2.45, 2.75) is 63.3 Å². The highest BCUT2D eigenvalue weighted by Crippen LogP contribution is 2.41. The van der Waals surface area contributed by atoms with Gasteiger partial charge in [0.1, 0.15) is 11.9 Å². The summed E-state index contributed by atoms with van der Waals surface area (Å²) in [5.41, 5.74) is 0.742. The van der Waals surface area contributed by atoms with E-state index in [0.29, 0.717) is 12.0 Å². The lowest BCUT2D eigenvalue weighted by Gasteiger charge is -2.44. The average molecular weight is 430 g/mol. The van der Waals surface area contributed by atoms with Crippen LogP contribution < -0.4 is 4.72 Å². The van der Waals surface area contributed by atoms with E-state index in [9.17, 15) is 13.2 Å². The normalized spacial score (nSPS) is 27.3. The standard InChI is InChI=1S/C23H31N3O3S/c1-17(2)15-19(24-21-18-9-4-5-10-20(18)30(28,29)25-21)22(27)26-14-8-13-23(16-26)11-6-3-7-12-23/h3-6,9-10,17,19H,7-8,11-16H2,1-2H3,(H,24,25)/t19-,23-/m0/s1. The fourth-order valence-electron chi connectivity index (χ4n) is 4.96. The predicted octanol–water partition coefficient (Wildman–Crippen LogP) is 3.49. The predicted molar refractivity (Wildman–Crippen MR) is 118 cm³/mol. The molecule has 1 saturated heterocycles. The van der Waals surface area contributed by atoms with Gasteiger partial charge in [-0.05, 0) is 62.0 Å². The van der Waals surface area contributed by atoms with E-state index in [4.69, 9.17) is 0 Å². The molecule has 1 spiro atoms. The van der Waals surface area contributed by atoms with Crippen LogP contribution in [-0.2, 0) is 14.8 Å². The van der Waals surface area contributed by atoms with Gasteiger partial charge in [0.05, 0.1) is 4.90 Å². The summed E-state index contributed by atoms with van der Waals surface area (Å²) in [6.45, 7) is 5.66. The molecule has 3 aliphatic rings. The quantitative estimate of drug-likeness (QED) is 0.744. The van der Waals surface area contributed by atoms with Crippen molar-refractivity contribution >= 4 is 21.8 Å². The number of likely N-dealkylation sites (tertiary alicyclic amines) is 1. The van der Waals surface area contributed by atoms with Crippen molar-refractivity contribution in [3.05, 3.63) is 42.0 Å². The summed E-state index contributed by atoms with van der Waals surface area (Å²) in [6, 6.07) is 6.23. The third-order valence-corrected chi connectivity index (χ3v) is 7.86. The molecule has 1 aromatic carbocycles. The van der Waals surface area contributed by atoms with Crippen molar-refractivity contribution in [2.24, 2.45) is 16.3 Å². The third-order valence-electron chi connectivity index (χ3n) is 6.46. The summed E-state index contributed by atoms with van der Waals surface area (Å²) in [5.74, 6) is 0.582. The topological polar surface area (TPSA) is 78.8 Å². The van der Waals surface area contributed by atoms with Crippen molar-refractivity contribution in [1.29, 1.82) is 0 Å². The van der Waals surface area contributed by atoms with Crippen LogP contribution in [0.2, 0.25) is 0 Å². The number of nitrogens with zero attached hydrogens (tertiary/aromatic N) is 2. The van der Waals surface area contributed by atoms with Gasteiger partial charge in [0, 0.05) is 18.7 Å². The summed E-state index contributed by atoms with van der Waals surface area (Å²) in [5, 5.41) is 0. The van der Waals surface area contributed by atoms with Crippen molar-refractivity contribution in [1.82, 2.24) is 9.62 Å². The van der Waals surface area contributed by atoms with Gasteiger partial charge >= 0.3 is 0 Å². The van der Waals surface area contributed by atoms with Gasteiger partial charge in [-0.2, -0.15) is 0 Å². The van der Waals surface area contributed by atoms with E-state index in [1.165, 1.54) is 0 Å². The summed E-state index contributed by atoms with van der Waals surface area (Å²) in [6.07, 6.45) is 10.5. The number of amides is 1. The Morgan fingerprint density at radius 3 is 2.77 bits per heavy atom. The van der Waals surface area contributed by atoms with Gasteiger partial charge in [0.15, 0.2) is 0 Å². The smallest absolute Gasteiger partial charge is 0.263 e. The average Bonchev–Trinajstić information content (AvgIpc) is 2.97. The SMILES string of the molecule is CC(C)C[C@H](N=C1NS(=O)(=O)c2ccccc21)C(=O)N1CCC[C@@]2(CC=CCC2)C1. The third kappa shape index (κ3) is 4.17. The fourth-order valence-corrected chi connectivity index (χ4v) is 6.20. The number of fused-ring (bicyclic) bond motifs is 1. The molecular weight excluding hydrogens is 398 g/mol. The van der Waals surface area contributed by atoms with E-state index in [1.807, 2.05) is 4.90 Å². The summed E-state index contributed by atoms with van der Waals surface area (Å²) >= 11 is 0. The van der Waals surface area contributed by atoms with Crippen LogP contribution in [0.25, 0.3) is 0 Å². The highest BCUT2D eigenvalue weighted by atomic mass is 32.2. The van der Waals surface area contributed by atoms with E-state index in [0.717, 1.165) is 45.2 Å². The van der Waals surface area contributed by atoms with Gasteiger partial charge in [0.25, 0.3) is 10.0 Å². The van der Waals surface area contributed by atoms with Crippen molar-refractivity contribution in [3.63, 3.8) is 0 Å². The molecule has 2 aliphatic heterocycles. The molecule has 30 heavy (non-hydrogen) atoms. The molecule has 0 aromatic heterocycles. The van der Waals surface area contributed by atoms with E-state index in [2.05, 4.69) is 35.7 Å². The first-order chi connectivity index (χ1) is 14.3. The molecule has 1 N–H and O–H groups in total. The molecule has 6 nitrogen and oxygen atoms in total. The molecule has 0 radical (unpaired) electrons. The lowest BCUT2D eigenvalue weighted by atomic mass is 9.71. The summed E-state index contributed by atoms with van der Waals surface area (Å²) in [4.78, 5) is 20.4. The summed E-state index contributed by atoms with van der Waals surface area (Å²) < 4.78 is 27.5. The molecule has 0 bridgehead atoms. The van der Waals surface area contributed by atoms with Crippen LogP contribution in [0.1, 0.15) is 57.9 Å². The Morgan fingerprint density at radius 2 is 2.03 bits per heavy atom. The molecule has 2 heterocycles. The van der Waals surface area contributed by atoms with Crippen LogP contribution in [-0.4, -0.2) is 44.2 Å². The number of piperidine rings is 1. The zero-order valence-electron chi connectivity index (χ0n) is 17.8. The molecule has 4 rings (SSSR count). The first-order valence-corrected chi connectivity index (χ1v) is 12.4. The number of allylic oxidation sites excluding steroid dienone is 2. The maximum atomic E-state index is 13.5. The second-order valence-electron chi connectivity index (χ2n) is 9.30.